The summed E-state index contributed by atoms with van der Waals surface area (Å²) < 4.78 is 13.5. The van der Waals surface area contributed by atoms with Crippen molar-refractivity contribution < 1.29 is 9.18 Å². The van der Waals surface area contributed by atoms with E-state index in [0.717, 1.165) is 29.7 Å². The van der Waals surface area contributed by atoms with E-state index in [1.807, 2.05) is 26.0 Å². The van der Waals surface area contributed by atoms with Gasteiger partial charge in [0, 0.05) is 17.8 Å². The SMILES string of the molecule is Cc1cc(C)c(CNC(=O)N2CCC[C@H]2c2cccc(F)c2)c(=O)[nH]1. The number of hydrogen-bond acceptors (Lipinski definition) is 2. The molecule has 0 aliphatic carbocycles. The van der Waals surface area contributed by atoms with Crippen molar-refractivity contribution >= 4 is 6.03 Å². The zero-order chi connectivity index (χ0) is 18.0. The van der Waals surface area contributed by atoms with Crippen molar-refractivity contribution in [1.82, 2.24) is 15.2 Å². The van der Waals surface area contributed by atoms with Crippen LogP contribution in [0.4, 0.5) is 9.18 Å². The number of aromatic nitrogens is 1. The maximum Gasteiger partial charge on any atom is 0.318 e. The molecule has 2 N–H and O–H groups in total. The molecular weight excluding hydrogens is 321 g/mol. The largest absolute Gasteiger partial charge is 0.334 e. The van der Waals surface area contributed by atoms with E-state index >= 15 is 0 Å². The Balaban J connectivity index is 1.72. The van der Waals surface area contributed by atoms with Crippen LogP contribution in [-0.2, 0) is 6.54 Å². The summed E-state index contributed by atoms with van der Waals surface area (Å²) in [5, 5.41) is 2.83. The molecule has 2 amide bonds. The molecule has 2 aromatic rings. The third-order valence-electron chi connectivity index (χ3n) is 4.66. The van der Waals surface area contributed by atoms with E-state index < -0.39 is 0 Å². The summed E-state index contributed by atoms with van der Waals surface area (Å²) in [6, 6.07) is 7.90. The second-order valence-corrected chi connectivity index (χ2v) is 6.51. The van der Waals surface area contributed by atoms with Gasteiger partial charge in [0.1, 0.15) is 5.82 Å². The summed E-state index contributed by atoms with van der Waals surface area (Å²) >= 11 is 0. The molecule has 1 aliphatic heterocycles. The number of carbonyl (C=O) groups excluding carboxylic acids is 1. The number of aromatic amines is 1. The van der Waals surface area contributed by atoms with Crippen LogP contribution in [0.5, 0.6) is 0 Å². The molecule has 0 unspecified atom stereocenters. The van der Waals surface area contributed by atoms with Crippen LogP contribution in [0, 0.1) is 19.7 Å². The second kappa shape index (κ2) is 7.09. The quantitative estimate of drug-likeness (QED) is 0.899. The number of rotatable bonds is 3. The normalized spacial score (nSPS) is 16.9. The number of H-pyrrole nitrogens is 1. The first kappa shape index (κ1) is 17.2. The Labute approximate surface area is 145 Å². The molecule has 1 fully saturated rings. The first-order chi connectivity index (χ1) is 12.0. The Kier molecular flexibility index (Phi) is 4.88. The van der Waals surface area contributed by atoms with Gasteiger partial charge in [0.2, 0.25) is 0 Å². The Morgan fingerprint density at radius 1 is 1.36 bits per heavy atom. The molecule has 0 spiro atoms. The maximum atomic E-state index is 13.5. The molecule has 2 heterocycles. The summed E-state index contributed by atoms with van der Waals surface area (Å²) in [6.07, 6.45) is 1.68. The summed E-state index contributed by atoms with van der Waals surface area (Å²) in [4.78, 5) is 29.1. The molecule has 1 atom stereocenters. The molecule has 25 heavy (non-hydrogen) atoms. The topological polar surface area (TPSA) is 65.2 Å². The minimum atomic E-state index is -0.299. The van der Waals surface area contributed by atoms with Gasteiger partial charge in [-0.3, -0.25) is 4.79 Å². The van der Waals surface area contributed by atoms with Crippen LogP contribution in [0.15, 0.2) is 35.1 Å². The number of halogens is 1. The highest BCUT2D eigenvalue weighted by Gasteiger charge is 2.30. The molecule has 132 valence electrons. The third kappa shape index (κ3) is 3.73. The first-order valence-electron chi connectivity index (χ1n) is 8.45. The van der Waals surface area contributed by atoms with Crippen molar-refractivity contribution in [3.8, 4) is 0 Å². The van der Waals surface area contributed by atoms with E-state index in [4.69, 9.17) is 0 Å². The number of amides is 2. The van der Waals surface area contributed by atoms with Crippen molar-refractivity contribution in [2.24, 2.45) is 0 Å². The molecule has 3 rings (SSSR count). The number of likely N-dealkylation sites (tertiary alicyclic amines) is 1. The number of aryl methyl sites for hydroxylation is 2. The van der Waals surface area contributed by atoms with Crippen LogP contribution >= 0.6 is 0 Å². The number of pyridine rings is 1. The van der Waals surface area contributed by atoms with Gasteiger partial charge < -0.3 is 15.2 Å². The van der Waals surface area contributed by atoms with E-state index in [-0.39, 0.29) is 30.0 Å². The van der Waals surface area contributed by atoms with Crippen molar-refractivity contribution in [1.29, 1.82) is 0 Å². The average molecular weight is 343 g/mol. The molecule has 6 heteroatoms. The third-order valence-corrected chi connectivity index (χ3v) is 4.66. The van der Waals surface area contributed by atoms with Crippen LogP contribution in [0.2, 0.25) is 0 Å². The molecule has 0 bridgehead atoms. The summed E-state index contributed by atoms with van der Waals surface area (Å²) in [7, 11) is 0. The Bertz CT molecular complexity index is 847. The zero-order valence-corrected chi connectivity index (χ0v) is 14.4. The fraction of sp³-hybridized carbons (Fsp3) is 0.368. The van der Waals surface area contributed by atoms with Gasteiger partial charge >= 0.3 is 6.03 Å². The first-order valence-corrected chi connectivity index (χ1v) is 8.45. The van der Waals surface area contributed by atoms with Crippen LogP contribution in [-0.4, -0.2) is 22.5 Å². The molecule has 1 aliphatic rings. The fourth-order valence-electron chi connectivity index (χ4n) is 3.44. The summed E-state index contributed by atoms with van der Waals surface area (Å²) in [5.74, 6) is -0.299. The van der Waals surface area contributed by atoms with Gasteiger partial charge in [0.15, 0.2) is 0 Å². The van der Waals surface area contributed by atoms with Crippen LogP contribution < -0.4 is 10.9 Å². The lowest BCUT2D eigenvalue weighted by Gasteiger charge is -2.25. The van der Waals surface area contributed by atoms with Crippen molar-refractivity contribution in [3.63, 3.8) is 0 Å². The molecule has 0 radical (unpaired) electrons. The van der Waals surface area contributed by atoms with Gasteiger partial charge in [0.05, 0.1) is 12.6 Å². The molecule has 5 nitrogen and oxygen atoms in total. The molecule has 1 aromatic carbocycles. The lowest BCUT2D eigenvalue weighted by atomic mass is 10.0. The number of benzene rings is 1. The van der Waals surface area contributed by atoms with Crippen molar-refractivity contribution in [2.45, 2.75) is 39.3 Å². The van der Waals surface area contributed by atoms with Gasteiger partial charge in [-0.2, -0.15) is 0 Å². The van der Waals surface area contributed by atoms with Gasteiger partial charge in [-0.1, -0.05) is 12.1 Å². The molecule has 0 saturated carbocycles. The van der Waals surface area contributed by atoms with Crippen molar-refractivity contribution in [3.05, 3.63) is 68.9 Å². The van der Waals surface area contributed by atoms with E-state index in [1.165, 1.54) is 12.1 Å². The minimum Gasteiger partial charge on any atom is -0.334 e. The van der Waals surface area contributed by atoms with Crippen molar-refractivity contribution in [2.75, 3.05) is 6.54 Å². The van der Waals surface area contributed by atoms with E-state index in [2.05, 4.69) is 10.3 Å². The highest BCUT2D eigenvalue weighted by molar-refractivity contribution is 5.75. The van der Waals surface area contributed by atoms with Gasteiger partial charge in [0.25, 0.3) is 5.56 Å². The van der Waals surface area contributed by atoms with Gasteiger partial charge in [-0.25, -0.2) is 9.18 Å². The predicted octanol–water partition coefficient (Wildman–Crippen LogP) is 3.18. The summed E-state index contributed by atoms with van der Waals surface area (Å²) in [6.45, 7) is 4.47. The number of carbonyl (C=O) groups is 1. The Morgan fingerprint density at radius 3 is 2.88 bits per heavy atom. The highest BCUT2D eigenvalue weighted by atomic mass is 19.1. The number of nitrogens with zero attached hydrogens (tertiary/aromatic N) is 1. The minimum absolute atomic E-state index is 0.131. The van der Waals surface area contributed by atoms with E-state index in [0.29, 0.717) is 12.1 Å². The maximum absolute atomic E-state index is 13.5. The van der Waals surface area contributed by atoms with E-state index in [1.54, 1.807) is 11.0 Å². The fourth-order valence-corrected chi connectivity index (χ4v) is 3.44. The van der Waals surface area contributed by atoms with Gasteiger partial charge in [-0.05, 0) is 56.0 Å². The molecule has 1 saturated heterocycles. The highest BCUT2D eigenvalue weighted by Crippen LogP contribution is 2.32. The number of nitrogens with one attached hydrogen (secondary N) is 2. The lowest BCUT2D eigenvalue weighted by molar-refractivity contribution is 0.192. The lowest BCUT2D eigenvalue weighted by Crippen LogP contribution is -2.40. The van der Waals surface area contributed by atoms with Crippen LogP contribution in [0.3, 0.4) is 0 Å². The van der Waals surface area contributed by atoms with E-state index in [9.17, 15) is 14.0 Å². The second-order valence-electron chi connectivity index (χ2n) is 6.51. The number of urea groups is 1. The Morgan fingerprint density at radius 2 is 2.16 bits per heavy atom. The average Bonchev–Trinajstić information content (AvgIpc) is 3.03. The Hall–Kier alpha value is -2.63. The summed E-state index contributed by atoms with van der Waals surface area (Å²) in [5.41, 5.74) is 2.83. The molecular formula is C19H22FN3O2. The predicted molar refractivity (Wildman–Crippen MR) is 93.9 cm³/mol. The van der Waals surface area contributed by atoms with Crippen LogP contribution in [0.25, 0.3) is 0 Å². The number of hydrogen-bond donors (Lipinski definition) is 2. The molecule has 1 aromatic heterocycles. The smallest absolute Gasteiger partial charge is 0.318 e. The van der Waals surface area contributed by atoms with Crippen LogP contribution in [0.1, 0.15) is 41.3 Å². The zero-order valence-electron chi connectivity index (χ0n) is 14.4. The monoisotopic (exact) mass is 343 g/mol. The van der Waals surface area contributed by atoms with Gasteiger partial charge in [-0.15, -0.1) is 0 Å². The standard InChI is InChI=1S/C19H22FN3O2/c1-12-9-13(2)22-18(24)16(12)11-21-19(25)23-8-4-7-17(23)14-5-3-6-15(20)10-14/h3,5-6,9-10,17H,4,7-8,11H2,1-2H3,(H,21,25)(H,22,24)/t17-/m0/s1.